The third kappa shape index (κ3) is 1.79. The second kappa shape index (κ2) is 4.51. The number of ether oxygens (including phenoxy) is 1. The molecule has 1 aromatic rings. The first-order valence-corrected chi connectivity index (χ1v) is 6.88. The number of hydrogen-bond acceptors (Lipinski definition) is 2. The van der Waals surface area contributed by atoms with Gasteiger partial charge < -0.3 is 4.74 Å². The van der Waals surface area contributed by atoms with Gasteiger partial charge in [-0.15, -0.1) is 0 Å². The SMILES string of the molecule is CC1=C[C@@H](C)[C@H]2CO[C@@H](c3cccnc3)[C@@H]1[C@H]2C. The van der Waals surface area contributed by atoms with Gasteiger partial charge in [0.15, 0.2) is 0 Å². The van der Waals surface area contributed by atoms with E-state index >= 15 is 0 Å². The minimum Gasteiger partial charge on any atom is -0.373 e. The molecular weight excluding hydrogens is 222 g/mol. The molecule has 3 rings (SSSR count). The van der Waals surface area contributed by atoms with E-state index in [1.807, 2.05) is 18.5 Å². The fraction of sp³-hybridized carbons (Fsp3) is 0.562. The van der Waals surface area contributed by atoms with Crippen LogP contribution in [-0.2, 0) is 4.74 Å². The van der Waals surface area contributed by atoms with Gasteiger partial charge in [-0.1, -0.05) is 31.6 Å². The topological polar surface area (TPSA) is 22.1 Å². The Morgan fingerprint density at radius 2 is 2.17 bits per heavy atom. The monoisotopic (exact) mass is 243 g/mol. The van der Waals surface area contributed by atoms with Crippen LogP contribution in [0, 0.1) is 23.7 Å². The van der Waals surface area contributed by atoms with Gasteiger partial charge in [0.05, 0.1) is 12.7 Å². The molecule has 5 atom stereocenters. The molecule has 2 heterocycles. The normalized spacial score (nSPS) is 39.3. The molecule has 0 saturated carbocycles. The molecule has 18 heavy (non-hydrogen) atoms. The van der Waals surface area contributed by atoms with Crippen molar-refractivity contribution in [1.82, 2.24) is 4.98 Å². The number of hydrogen-bond donors (Lipinski definition) is 0. The van der Waals surface area contributed by atoms with Crippen molar-refractivity contribution < 1.29 is 4.74 Å². The fourth-order valence-electron chi connectivity index (χ4n) is 3.79. The van der Waals surface area contributed by atoms with Crippen molar-refractivity contribution in [2.24, 2.45) is 23.7 Å². The number of fused-ring (bicyclic) bond motifs is 2. The molecule has 2 aliphatic rings. The number of rotatable bonds is 1. The molecule has 2 heteroatoms. The van der Waals surface area contributed by atoms with Crippen molar-refractivity contribution in [3.05, 3.63) is 41.7 Å². The fourth-order valence-corrected chi connectivity index (χ4v) is 3.79. The van der Waals surface area contributed by atoms with Crippen LogP contribution in [0.4, 0.5) is 0 Å². The minimum absolute atomic E-state index is 0.189. The zero-order valence-electron chi connectivity index (χ0n) is 11.3. The smallest absolute Gasteiger partial charge is 0.0907 e. The molecule has 0 spiro atoms. The van der Waals surface area contributed by atoms with Crippen LogP contribution in [-0.4, -0.2) is 11.6 Å². The van der Waals surface area contributed by atoms with Crippen molar-refractivity contribution in [3.8, 4) is 0 Å². The molecule has 0 N–H and O–H groups in total. The summed E-state index contributed by atoms with van der Waals surface area (Å²) >= 11 is 0. The highest BCUT2D eigenvalue weighted by Crippen LogP contribution is 2.49. The van der Waals surface area contributed by atoms with Gasteiger partial charge in [-0.05, 0) is 36.3 Å². The lowest BCUT2D eigenvalue weighted by atomic mass is 9.65. The molecule has 1 aliphatic heterocycles. The summed E-state index contributed by atoms with van der Waals surface area (Å²) in [6.07, 6.45) is 6.41. The molecule has 0 unspecified atom stereocenters. The molecule has 1 saturated heterocycles. The summed E-state index contributed by atoms with van der Waals surface area (Å²) in [5.74, 6) is 2.53. The highest BCUT2D eigenvalue weighted by molar-refractivity contribution is 5.23. The first-order chi connectivity index (χ1) is 8.68. The number of allylic oxidation sites excluding steroid dienone is 1. The largest absolute Gasteiger partial charge is 0.373 e. The Bertz CT molecular complexity index is 453. The Morgan fingerprint density at radius 3 is 2.89 bits per heavy atom. The van der Waals surface area contributed by atoms with Gasteiger partial charge >= 0.3 is 0 Å². The second-order valence-electron chi connectivity index (χ2n) is 5.86. The van der Waals surface area contributed by atoms with E-state index in [4.69, 9.17) is 4.74 Å². The van der Waals surface area contributed by atoms with Crippen molar-refractivity contribution in [3.63, 3.8) is 0 Å². The maximum Gasteiger partial charge on any atom is 0.0907 e. The lowest BCUT2D eigenvalue weighted by Gasteiger charge is -2.47. The molecule has 1 aliphatic carbocycles. The van der Waals surface area contributed by atoms with E-state index in [1.165, 1.54) is 11.1 Å². The molecular formula is C16H21NO. The zero-order valence-corrected chi connectivity index (χ0v) is 11.3. The first-order valence-electron chi connectivity index (χ1n) is 6.88. The standard InChI is InChI=1S/C16H21NO/c1-10-7-11(2)15-12(3)14(10)9-18-16(15)13-5-4-6-17-8-13/h4-8,10,12,14-16H,9H2,1-3H3/t10-,12+,14-,15+,16+/m1/s1. The minimum atomic E-state index is 0.189. The summed E-state index contributed by atoms with van der Waals surface area (Å²) in [6.45, 7) is 7.83. The van der Waals surface area contributed by atoms with Crippen LogP contribution in [0.15, 0.2) is 36.2 Å². The van der Waals surface area contributed by atoms with E-state index in [2.05, 4.69) is 37.9 Å². The predicted octanol–water partition coefficient (Wildman–Crippen LogP) is 3.62. The molecule has 1 aromatic heterocycles. The van der Waals surface area contributed by atoms with Crippen LogP contribution < -0.4 is 0 Å². The summed E-state index contributed by atoms with van der Waals surface area (Å²) in [4.78, 5) is 4.23. The summed E-state index contributed by atoms with van der Waals surface area (Å²) in [6, 6.07) is 4.13. The molecule has 0 aromatic carbocycles. The third-order valence-electron chi connectivity index (χ3n) is 4.78. The summed E-state index contributed by atoms with van der Waals surface area (Å²) < 4.78 is 6.16. The maximum absolute atomic E-state index is 6.16. The van der Waals surface area contributed by atoms with Crippen molar-refractivity contribution in [1.29, 1.82) is 0 Å². The van der Waals surface area contributed by atoms with Crippen LogP contribution >= 0.6 is 0 Å². The van der Waals surface area contributed by atoms with E-state index in [-0.39, 0.29) is 6.10 Å². The Kier molecular flexibility index (Phi) is 2.98. The molecule has 0 amide bonds. The Labute approximate surface area is 109 Å². The van der Waals surface area contributed by atoms with Crippen molar-refractivity contribution in [2.45, 2.75) is 26.9 Å². The Morgan fingerprint density at radius 1 is 1.33 bits per heavy atom. The van der Waals surface area contributed by atoms with E-state index in [1.54, 1.807) is 0 Å². The van der Waals surface area contributed by atoms with E-state index in [9.17, 15) is 0 Å². The Balaban J connectivity index is 1.97. The quantitative estimate of drug-likeness (QED) is 0.703. The van der Waals surface area contributed by atoms with Gasteiger partial charge in [0.25, 0.3) is 0 Å². The lowest BCUT2D eigenvalue weighted by molar-refractivity contribution is -0.0935. The van der Waals surface area contributed by atoms with Gasteiger partial charge in [-0.25, -0.2) is 0 Å². The molecule has 0 radical (unpaired) electrons. The number of pyridine rings is 1. The van der Waals surface area contributed by atoms with Gasteiger partial charge in [0.2, 0.25) is 0 Å². The summed E-state index contributed by atoms with van der Waals surface area (Å²) in [7, 11) is 0. The van der Waals surface area contributed by atoms with Crippen LogP contribution in [0.5, 0.6) is 0 Å². The molecule has 2 nitrogen and oxygen atoms in total. The molecule has 96 valence electrons. The van der Waals surface area contributed by atoms with Crippen LogP contribution in [0.1, 0.15) is 32.4 Å². The second-order valence-corrected chi connectivity index (χ2v) is 5.86. The number of nitrogens with zero attached hydrogens (tertiary/aromatic N) is 1. The van der Waals surface area contributed by atoms with Crippen molar-refractivity contribution >= 4 is 0 Å². The third-order valence-corrected chi connectivity index (χ3v) is 4.78. The van der Waals surface area contributed by atoms with Crippen LogP contribution in [0.3, 0.4) is 0 Å². The maximum atomic E-state index is 6.16. The average molecular weight is 243 g/mol. The molecule has 2 bridgehead atoms. The number of aromatic nitrogens is 1. The van der Waals surface area contributed by atoms with Gasteiger partial charge in [-0.2, -0.15) is 0 Å². The van der Waals surface area contributed by atoms with Crippen LogP contribution in [0.2, 0.25) is 0 Å². The van der Waals surface area contributed by atoms with E-state index < -0.39 is 0 Å². The van der Waals surface area contributed by atoms with Gasteiger partial charge in [-0.3, -0.25) is 4.98 Å². The first kappa shape index (κ1) is 11.9. The van der Waals surface area contributed by atoms with E-state index in [0.717, 1.165) is 6.61 Å². The predicted molar refractivity (Wildman–Crippen MR) is 72.0 cm³/mol. The highest BCUT2D eigenvalue weighted by atomic mass is 16.5. The zero-order chi connectivity index (χ0) is 12.7. The van der Waals surface area contributed by atoms with Gasteiger partial charge in [0, 0.05) is 18.3 Å². The van der Waals surface area contributed by atoms with Crippen LogP contribution in [0.25, 0.3) is 0 Å². The molecule has 1 fully saturated rings. The summed E-state index contributed by atoms with van der Waals surface area (Å²) in [5, 5.41) is 0. The summed E-state index contributed by atoms with van der Waals surface area (Å²) in [5.41, 5.74) is 2.70. The lowest BCUT2D eigenvalue weighted by Crippen LogP contribution is -2.42. The van der Waals surface area contributed by atoms with Crippen molar-refractivity contribution in [2.75, 3.05) is 6.61 Å². The Hall–Kier alpha value is -1.15. The highest BCUT2D eigenvalue weighted by Gasteiger charge is 2.43. The average Bonchev–Trinajstić information content (AvgIpc) is 2.37. The van der Waals surface area contributed by atoms with E-state index in [0.29, 0.717) is 23.7 Å². The van der Waals surface area contributed by atoms with Gasteiger partial charge in [0.1, 0.15) is 0 Å².